The maximum atomic E-state index is 12.1. The lowest BCUT2D eigenvalue weighted by Crippen LogP contribution is -2.17. The predicted molar refractivity (Wildman–Crippen MR) is 104 cm³/mol. The van der Waals surface area contributed by atoms with Crippen LogP contribution in [0.3, 0.4) is 0 Å². The summed E-state index contributed by atoms with van der Waals surface area (Å²) in [6.07, 6.45) is 1.56. The summed E-state index contributed by atoms with van der Waals surface area (Å²) >= 11 is 5.89. The van der Waals surface area contributed by atoms with Gasteiger partial charge < -0.3 is 4.74 Å². The van der Waals surface area contributed by atoms with Crippen LogP contribution in [0.4, 0.5) is 0 Å². The standard InChI is InChI=1S/C21H17ClN2O2/c22-19-11-6-10-17(13-19)21(25)24-23-14-18-9-4-5-12-20(18)26-15-16-7-2-1-3-8-16/h1-14H,15H2,(H,24,25)/b23-14-. The topological polar surface area (TPSA) is 50.7 Å². The lowest BCUT2D eigenvalue weighted by Gasteiger charge is -2.09. The number of ether oxygens (including phenoxy) is 1. The van der Waals surface area contributed by atoms with E-state index >= 15 is 0 Å². The first-order valence-electron chi connectivity index (χ1n) is 8.07. The van der Waals surface area contributed by atoms with Gasteiger partial charge in [-0.1, -0.05) is 60.1 Å². The van der Waals surface area contributed by atoms with Crippen molar-refractivity contribution in [2.75, 3.05) is 0 Å². The molecule has 0 radical (unpaired) electrons. The summed E-state index contributed by atoms with van der Waals surface area (Å²) in [5, 5.41) is 4.52. The fourth-order valence-corrected chi connectivity index (χ4v) is 2.50. The molecule has 0 aliphatic heterocycles. The quantitative estimate of drug-likeness (QED) is 0.510. The molecule has 5 heteroatoms. The number of carbonyl (C=O) groups is 1. The molecule has 1 N–H and O–H groups in total. The molecule has 4 nitrogen and oxygen atoms in total. The van der Waals surface area contributed by atoms with Gasteiger partial charge in [0, 0.05) is 16.1 Å². The molecule has 3 aromatic carbocycles. The highest BCUT2D eigenvalue weighted by Crippen LogP contribution is 2.17. The Kier molecular flexibility index (Phi) is 6.01. The van der Waals surface area contributed by atoms with Crippen molar-refractivity contribution in [2.24, 2.45) is 5.10 Å². The molecule has 0 spiro atoms. The zero-order chi connectivity index (χ0) is 18.2. The van der Waals surface area contributed by atoms with Crippen LogP contribution in [0, 0.1) is 0 Å². The summed E-state index contributed by atoms with van der Waals surface area (Å²) in [4.78, 5) is 12.1. The fourth-order valence-electron chi connectivity index (χ4n) is 2.31. The number of carbonyl (C=O) groups excluding carboxylic acids is 1. The Bertz CT molecular complexity index is 911. The third-order valence-corrected chi connectivity index (χ3v) is 3.85. The van der Waals surface area contributed by atoms with Gasteiger partial charge in [-0.3, -0.25) is 4.79 Å². The number of hydrazone groups is 1. The van der Waals surface area contributed by atoms with Crippen molar-refractivity contribution in [1.29, 1.82) is 0 Å². The van der Waals surface area contributed by atoms with E-state index in [4.69, 9.17) is 16.3 Å². The van der Waals surface area contributed by atoms with Gasteiger partial charge in [-0.05, 0) is 35.9 Å². The molecule has 0 bridgehead atoms. The minimum atomic E-state index is -0.327. The smallest absolute Gasteiger partial charge is 0.271 e. The maximum Gasteiger partial charge on any atom is 0.271 e. The van der Waals surface area contributed by atoms with Crippen LogP contribution < -0.4 is 10.2 Å². The van der Waals surface area contributed by atoms with Gasteiger partial charge in [0.05, 0.1) is 6.21 Å². The second-order valence-corrected chi connectivity index (χ2v) is 5.96. The van der Waals surface area contributed by atoms with Crippen LogP contribution >= 0.6 is 11.6 Å². The lowest BCUT2D eigenvalue weighted by atomic mass is 10.2. The molecule has 0 fully saturated rings. The summed E-state index contributed by atoms with van der Waals surface area (Å²) < 4.78 is 5.86. The van der Waals surface area contributed by atoms with Crippen molar-refractivity contribution < 1.29 is 9.53 Å². The Morgan fingerprint density at radius 2 is 1.77 bits per heavy atom. The third-order valence-electron chi connectivity index (χ3n) is 3.61. The summed E-state index contributed by atoms with van der Waals surface area (Å²) in [7, 11) is 0. The molecule has 0 heterocycles. The summed E-state index contributed by atoms with van der Waals surface area (Å²) in [6.45, 7) is 0.459. The lowest BCUT2D eigenvalue weighted by molar-refractivity contribution is 0.0955. The van der Waals surface area contributed by atoms with Crippen LogP contribution in [-0.4, -0.2) is 12.1 Å². The maximum absolute atomic E-state index is 12.1. The highest BCUT2D eigenvalue weighted by atomic mass is 35.5. The Balaban J connectivity index is 1.64. The molecule has 0 atom stereocenters. The number of nitrogens with one attached hydrogen (secondary N) is 1. The minimum absolute atomic E-state index is 0.327. The number of rotatable bonds is 6. The molecule has 0 aliphatic rings. The Morgan fingerprint density at radius 3 is 2.58 bits per heavy atom. The van der Waals surface area contributed by atoms with Crippen LogP contribution in [0.5, 0.6) is 5.75 Å². The van der Waals surface area contributed by atoms with E-state index in [9.17, 15) is 4.79 Å². The van der Waals surface area contributed by atoms with Crippen molar-refractivity contribution in [3.05, 3.63) is 101 Å². The first-order valence-corrected chi connectivity index (χ1v) is 8.45. The third kappa shape index (κ3) is 4.94. The van der Waals surface area contributed by atoms with E-state index in [0.29, 0.717) is 22.9 Å². The average Bonchev–Trinajstić information content (AvgIpc) is 2.68. The number of hydrogen-bond donors (Lipinski definition) is 1. The van der Waals surface area contributed by atoms with Crippen molar-refractivity contribution >= 4 is 23.7 Å². The van der Waals surface area contributed by atoms with E-state index in [-0.39, 0.29) is 5.91 Å². The Labute approximate surface area is 157 Å². The van der Waals surface area contributed by atoms with Gasteiger partial charge in [0.15, 0.2) is 0 Å². The first-order chi connectivity index (χ1) is 12.7. The van der Waals surface area contributed by atoms with E-state index in [0.717, 1.165) is 11.1 Å². The van der Waals surface area contributed by atoms with Crippen LogP contribution in [0.25, 0.3) is 0 Å². The van der Waals surface area contributed by atoms with Crippen LogP contribution in [-0.2, 0) is 6.61 Å². The zero-order valence-corrected chi connectivity index (χ0v) is 14.7. The van der Waals surface area contributed by atoms with Crippen LogP contribution in [0.1, 0.15) is 21.5 Å². The second-order valence-electron chi connectivity index (χ2n) is 5.52. The van der Waals surface area contributed by atoms with Crippen LogP contribution in [0.15, 0.2) is 84.0 Å². The number of hydrogen-bond acceptors (Lipinski definition) is 3. The highest BCUT2D eigenvalue weighted by molar-refractivity contribution is 6.30. The molecule has 26 heavy (non-hydrogen) atoms. The van der Waals surface area contributed by atoms with Crippen molar-refractivity contribution in [3.8, 4) is 5.75 Å². The summed E-state index contributed by atoms with van der Waals surface area (Å²) in [5.74, 6) is 0.364. The van der Waals surface area contributed by atoms with Gasteiger partial charge in [-0.2, -0.15) is 5.10 Å². The molecule has 0 aromatic heterocycles. The van der Waals surface area contributed by atoms with Gasteiger partial charge in [0.25, 0.3) is 5.91 Å². The molecule has 1 amide bonds. The van der Waals surface area contributed by atoms with Gasteiger partial charge in [-0.25, -0.2) is 5.43 Å². The molecule has 3 aromatic rings. The van der Waals surface area contributed by atoms with Gasteiger partial charge in [0.1, 0.15) is 12.4 Å². The predicted octanol–water partition coefficient (Wildman–Crippen LogP) is 4.68. The summed E-state index contributed by atoms with van der Waals surface area (Å²) in [5.41, 5.74) is 4.79. The van der Waals surface area contributed by atoms with E-state index in [2.05, 4.69) is 10.5 Å². The molecular formula is C21H17ClN2O2. The molecular weight excluding hydrogens is 348 g/mol. The highest BCUT2D eigenvalue weighted by Gasteiger charge is 2.05. The number of amides is 1. The molecule has 0 aliphatic carbocycles. The van der Waals surface area contributed by atoms with Crippen molar-refractivity contribution in [3.63, 3.8) is 0 Å². The fraction of sp³-hybridized carbons (Fsp3) is 0.0476. The Morgan fingerprint density at radius 1 is 1.00 bits per heavy atom. The van der Waals surface area contributed by atoms with Crippen LogP contribution in [0.2, 0.25) is 5.02 Å². The second kappa shape index (κ2) is 8.83. The van der Waals surface area contributed by atoms with Crippen molar-refractivity contribution in [2.45, 2.75) is 6.61 Å². The largest absolute Gasteiger partial charge is 0.488 e. The minimum Gasteiger partial charge on any atom is -0.488 e. The number of para-hydroxylation sites is 1. The van der Waals surface area contributed by atoms with Gasteiger partial charge >= 0.3 is 0 Å². The first kappa shape index (κ1) is 17.7. The van der Waals surface area contributed by atoms with Gasteiger partial charge in [-0.15, -0.1) is 0 Å². The average molecular weight is 365 g/mol. The van der Waals surface area contributed by atoms with E-state index in [1.807, 2.05) is 54.6 Å². The molecule has 0 saturated heterocycles. The van der Waals surface area contributed by atoms with Gasteiger partial charge in [0.2, 0.25) is 0 Å². The Hall–Kier alpha value is -3.11. The normalized spacial score (nSPS) is 10.7. The monoisotopic (exact) mass is 364 g/mol. The number of benzene rings is 3. The SMILES string of the molecule is O=C(N/N=C\c1ccccc1OCc1ccccc1)c1cccc(Cl)c1. The molecule has 0 unspecified atom stereocenters. The molecule has 0 saturated carbocycles. The van der Waals surface area contributed by atoms with E-state index in [1.165, 1.54) is 0 Å². The number of nitrogens with zero attached hydrogens (tertiary/aromatic N) is 1. The van der Waals surface area contributed by atoms with Crippen molar-refractivity contribution in [1.82, 2.24) is 5.43 Å². The zero-order valence-electron chi connectivity index (χ0n) is 13.9. The number of halogens is 1. The molecule has 130 valence electrons. The van der Waals surface area contributed by atoms with E-state index in [1.54, 1.807) is 30.5 Å². The van der Waals surface area contributed by atoms with E-state index < -0.39 is 0 Å². The summed E-state index contributed by atoms with van der Waals surface area (Å²) in [6, 6.07) is 24.1. The molecule has 3 rings (SSSR count).